The summed E-state index contributed by atoms with van der Waals surface area (Å²) in [6.07, 6.45) is 7.50. The fourth-order valence-electron chi connectivity index (χ4n) is 3.71. The number of nitro groups is 1. The fraction of sp³-hybridized carbons (Fsp3) is 0.370. The number of nitro benzene ring substituents is 1. The molecule has 3 aromatic rings. The number of piperidine rings is 1. The molecule has 1 aliphatic rings. The van der Waals surface area contributed by atoms with Gasteiger partial charge in [0.1, 0.15) is 0 Å². The zero-order chi connectivity index (χ0) is 25.8. The number of amides is 1. The molecule has 4 rings (SSSR count). The number of hydrogen-bond donors (Lipinski definition) is 1. The highest BCUT2D eigenvalue weighted by Gasteiger charge is 2.15. The molecule has 0 radical (unpaired) electrons. The first-order valence-electron chi connectivity index (χ1n) is 12.0. The van der Waals surface area contributed by atoms with E-state index in [4.69, 9.17) is 0 Å². The van der Waals surface area contributed by atoms with E-state index in [1.807, 2.05) is 32.0 Å². The zero-order valence-corrected chi connectivity index (χ0v) is 21.2. The van der Waals surface area contributed by atoms with E-state index in [-0.39, 0.29) is 10.6 Å². The lowest BCUT2D eigenvalue weighted by atomic mass is 10.0. The smallest absolute Gasteiger partial charge is 0.272 e. The number of benzene rings is 2. The van der Waals surface area contributed by atoms with Crippen molar-refractivity contribution in [3.63, 3.8) is 0 Å². The molecule has 1 aliphatic heterocycles. The molecule has 1 amide bonds. The van der Waals surface area contributed by atoms with Crippen LogP contribution in [0.5, 0.6) is 0 Å². The molecular formula is C27H35N5O3. The van der Waals surface area contributed by atoms with Crippen molar-refractivity contribution in [2.24, 2.45) is 0 Å². The van der Waals surface area contributed by atoms with Crippen LogP contribution in [0, 0.1) is 30.9 Å². The van der Waals surface area contributed by atoms with Gasteiger partial charge in [0.15, 0.2) is 5.82 Å². The summed E-state index contributed by atoms with van der Waals surface area (Å²) in [6.45, 7) is 12.1. The van der Waals surface area contributed by atoms with Crippen LogP contribution in [0.4, 0.5) is 17.2 Å². The van der Waals surface area contributed by atoms with Gasteiger partial charge in [0, 0.05) is 36.0 Å². The number of anilines is 2. The Labute approximate surface area is 207 Å². The number of aromatic nitrogens is 2. The highest BCUT2D eigenvalue weighted by atomic mass is 16.6. The normalized spacial score (nSPS) is 12.4. The summed E-state index contributed by atoms with van der Waals surface area (Å²) in [7, 11) is 0. The second-order valence-corrected chi connectivity index (χ2v) is 8.12. The number of rotatable bonds is 5. The van der Waals surface area contributed by atoms with Crippen LogP contribution in [-0.4, -0.2) is 34.4 Å². The van der Waals surface area contributed by atoms with Crippen molar-refractivity contribution < 1.29 is 9.72 Å². The minimum absolute atomic E-state index is 0.209. The Morgan fingerprint density at radius 3 is 2.17 bits per heavy atom. The average molecular weight is 478 g/mol. The Morgan fingerprint density at radius 2 is 1.63 bits per heavy atom. The maximum absolute atomic E-state index is 10.7. The van der Waals surface area contributed by atoms with Gasteiger partial charge in [-0.15, -0.1) is 0 Å². The SMILES string of the molecule is CC.Cc1cc(N2CCCCC2)ccc1[N+](=O)[O-].Cc1ccc(-c2cnc(NC=O)cn2)cc1C. The van der Waals surface area contributed by atoms with Gasteiger partial charge in [0.05, 0.1) is 23.0 Å². The van der Waals surface area contributed by atoms with E-state index in [9.17, 15) is 14.9 Å². The minimum Gasteiger partial charge on any atom is -0.372 e. The average Bonchev–Trinajstić information content (AvgIpc) is 2.88. The summed E-state index contributed by atoms with van der Waals surface area (Å²) in [5.41, 5.74) is 6.36. The highest BCUT2D eigenvalue weighted by Crippen LogP contribution is 2.26. The number of carbonyl (C=O) groups is 1. The summed E-state index contributed by atoms with van der Waals surface area (Å²) < 4.78 is 0. The third-order valence-electron chi connectivity index (χ3n) is 5.76. The Bertz CT molecular complexity index is 1110. The van der Waals surface area contributed by atoms with Crippen molar-refractivity contribution in [2.75, 3.05) is 23.3 Å². The van der Waals surface area contributed by atoms with Crippen LogP contribution in [0.3, 0.4) is 0 Å². The van der Waals surface area contributed by atoms with E-state index in [2.05, 4.69) is 46.2 Å². The van der Waals surface area contributed by atoms with Crippen molar-refractivity contribution in [1.29, 1.82) is 0 Å². The molecule has 1 aromatic heterocycles. The molecule has 2 aromatic carbocycles. The van der Waals surface area contributed by atoms with Crippen LogP contribution in [0.2, 0.25) is 0 Å². The lowest BCUT2D eigenvalue weighted by Crippen LogP contribution is -2.29. The molecule has 8 heteroatoms. The number of hydrogen-bond acceptors (Lipinski definition) is 6. The molecule has 35 heavy (non-hydrogen) atoms. The molecule has 8 nitrogen and oxygen atoms in total. The second kappa shape index (κ2) is 13.8. The van der Waals surface area contributed by atoms with E-state index in [1.54, 1.807) is 25.4 Å². The van der Waals surface area contributed by atoms with Crippen LogP contribution in [0.25, 0.3) is 11.3 Å². The number of nitrogens with one attached hydrogen (secondary N) is 1. The van der Waals surface area contributed by atoms with E-state index in [0.29, 0.717) is 12.2 Å². The molecule has 0 bridgehead atoms. The standard InChI is InChI=1S/C13H13N3O.C12H16N2O2.C2H6/c1-9-3-4-11(5-10(9)2)12-6-15-13(7-14-12)16-8-17;1-10-9-11(5-6-12(10)14(15)16)13-7-3-2-4-8-13;1-2/h3-8H,1-2H3,(H,15,16,17);5-6,9H,2-4,7-8H2,1H3;1-2H3. The van der Waals surface area contributed by atoms with Gasteiger partial charge in [-0.1, -0.05) is 26.0 Å². The number of carbonyl (C=O) groups excluding carboxylic acids is 1. The molecule has 0 saturated carbocycles. The fourth-order valence-corrected chi connectivity index (χ4v) is 3.71. The Kier molecular flexibility index (Phi) is 10.8. The maximum Gasteiger partial charge on any atom is 0.272 e. The summed E-state index contributed by atoms with van der Waals surface area (Å²) in [4.78, 5) is 31.3. The summed E-state index contributed by atoms with van der Waals surface area (Å²) in [5, 5.41) is 13.2. The largest absolute Gasteiger partial charge is 0.372 e. The highest BCUT2D eigenvalue weighted by molar-refractivity contribution is 5.69. The topological polar surface area (TPSA) is 101 Å². The van der Waals surface area contributed by atoms with Crippen molar-refractivity contribution in [3.8, 4) is 11.3 Å². The summed E-state index contributed by atoms with van der Waals surface area (Å²) in [5.74, 6) is 0.451. The molecule has 0 spiro atoms. The van der Waals surface area contributed by atoms with E-state index < -0.39 is 0 Å². The van der Waals surface area contributed by atoms with Gasteiger partial charge in [0.2, 0.25) is 6.41 Å². The molecule has 1 N–H and O–H groups in total. The third kappa shape index (κ3) is 7.88. The third-order valence-corrected chi connectivity index (χ3v) is 5.76. The molecular weight excluding hydrogens is 442 g/mol. The molecule has 0 aliphatic carbocycles. The number of nitrogens with zero attached hydrogens (tertiary/aromatic N) is 4. The van der Waals surface area contributed by atoms with Crippen molar-refractivity contribution in [3.05, 3.63) is 75.6 Å². The van der Waals surface area contributed by atoms with E-state index in [0.717, 1.165) is 35.6 Å². The quantitative estimate of drug-likeness (QED) is 0.265. The van der Waals surface area contributed by atoms with E-state index >= 15 is 0 Å². The van der Waals surface area contributed by atoms with Crippen molar-refractivity contribution in [1.82, 2.24) is 9.97 Å². The van der Waals surface area contributed by atoms with Gasteiger partial charge in [-0.25, -0.2) is 4.98 Å². The predicted molar refractivity (Wildman–Crippen MR) is 142 cm³/mol. The predicted octanol–water partition coefficient (Wildman–Crippen LogP) is 6.25. The Morgan fingerprint density at radius 1 is 0.914 bits per heavy atom. The van der Waals surface area contributed by atoms with Crippen LogP contribution in [-0.2, 0) is 4.79 Å². The second-order valence-electron chi connectivity index (χ2n) is 8.12. The Hall–Kier alpha value is -3.81. The molecule has 1 fully saturated rings. The summed E-state index contributed by atoms with van der Waals surface area (Å²) >= 11 is 0. The van der Waals surface area contributed by atoms with Crippen LogP contribution < -0.4 is 10.2 Å². The van der Waals surface area contributed by atoms with Crippen LogP contribution in [0.15, 0.2) is 48.8 Å². The molecule has 186 valence electrons. The molecule has 2 heterocycles. The molecule has 0 unspecified atom stereocenters. The van der Waals surface area contributed by atoms with Gasteiger partial charge in [-0.2, -0.15) is 0 Å². The Balaban J connectivity index is 0.000000231. The molecule has 1 saturated heterocycles. The minimum atomic E-state index is -0.324. The van der Waals surface area contributed by atoms with Crippen molar-refractivity contribution in [2.45, 2.75) is 53.9 Å². The monoisotopic (exact) mass is 477 g/mol. The first-order chi connectivity index (χ1) is 16.9. The molecule has 0 atom stereocenters. The van der Waals surface area contributed by atoms with Gasteiger partial charge < -0.3 is 10.2 Å². The van der Waals surface area contributed by atoms with Crippen LogP contribution in [0.1, 0.15) is 49.8 Å². The summed E-state index contributed by atoms with van der Waals surface area (Å²) in [6, 6.07) is 11.5. The maximum atomic E-state index is 10.7. The lowest BCUT2D eigenvalue weighted by molar-refractivity contribution is -0.385. The zero-order valence-electron chi connectivity index (χ0n) is 21.2. The number of aryl methyl sites for hydroxylation is 3. The first-order valence-corrected chi connectivity index (χ1v) is 12.0. The van der Waals surface area contributed by atoms with E-state index in [1.165, 1.54) is 30.4 Å². The van der Waals surface area contributed by atoms with Crippen molar-refractivity contribution >= 4 is 23.6 Å². The first kappa shape index (κ1) is 27.4. The lowest BCUT2D eigenvalue weighted by Gasteiger charge is -2.28. The van der Waals surface area contributed by atoms with Crippen LogP contribution >= 0.6 is 0 Å². The van der Waals surface area contributed by atoms with Gasteiger partial charge in [-0.05, 0) is 69.4 Å². The van der Waals surface area contributed by atoms with Gasteiger partial charge in [0.25, 0.3) is 5.69 Å². The van der Waals surface area contributed by atoms with Gasteiger partial charge >= 0.3 is 0 Å². The van der Waals surface area contributed by atoms with Gasteiger partial charge in [-0.3, -0.25) is 19.9 Å².